The maximum absolute atomic E-state index is 10.5. The number of benzene rings is 1. The van der Waals surface area contributed by atoms with Gasteiger partial charge in [-0.1, -0.05) is 0 Å². The van der Waals surface area contributed by atoms with Crippen molar-refractivity contribution in [2.45, 2.75) is 18.9 Å². The molecule has 86 valence electrons. The summed E-state index contributed by atoms with van der Waals surface area (Å²) in [5, 5.41) is 10.5. The van der Waals surface area contributed by atoms with Crippen LogP contribution in [0.1, 0.15) is 12.8 Å². The molecule has 1 aliphatic heterocycles. The third-order valence-corrected chi connectivity index (χ3v) is 3.40. The van der Waals surface area contributed by atoms with E-state index in [1.807, 2.05) is 12.1 Å². The Kier molecular flexibility index (Phi) is 3.33. The maximum atomic E-state index is 10.5. The lowest BCUT2D eigenvalue weighted by Crippen LogP contribution is -2.30. The topological polar surface area (TPSA) is 46.4 Å². The molecule has 0 N–H and O–H groups in total. The Labute approximate surface area is 99.8 Å². The van der Waals surface area contributed by atoms with Crippen LogP contribution in [-0.2, 0) is 0 Å². The van der Waals surface area contributed by atoms with Crippen molar-refractivity contribution in [1.82, 2.24) is 0 Å². The van der Waals surface area contributed by atoms with Crippen LogP contribution in [0, 0.1) is 10.1 Å². The van der Waals surface area contributed by atoms with E-state index in [2.05, 4.69) is 17.5 Å². The first-order valence-electron chi connectivity index (χ1n) is 5.34. The van der Waals surface area contributed by atoms with Crippen LogP contribution in [0.3, 0.4) is 0 Å². The van der Waals surface area contributed by atoms with Gasteiger partial charge in [0.05, 0.1) is 4.92 Å². The molecule has 1 fully saturated rings. The second-order valence-electron chi connectivity index (χ2n) is 3.95. The van der Waals surface area contributed by atoms with Gasteiger partial charge < -0.3 is 4.90 Å². The number of nitro benzene ring substituents is 1. The molecular weight excluding hydrogens is 224 g/mol. The molecule has 2 rings (SSSR count). The summed E-state index contributed by atoms with van der Waals surface area (Å²) < 4.78 is 0. The first-order valence-corrected chi connectivity index (χ1v) is 5.97. The van der Waals surface area contributed by atoms with E-state index in [9.17, 15) is 10.1 Å². The molecule has 16 heavy (non-hydrogen) atoms. The molecule has 0 saturated carbocycles. The average Bonchev–Trinajstić information content (AvgIpc) is 2.77. The van der Waals surface area contributed by atoms with E-state index in [-0.39, 0.29) is 10.6 Å². The molecule has 4 nitrogen and oxygen atoms in total. The Morgan fingerprint density at radius 3 is 2.69 bits per heavy atom. The molecule has 0 radical (unpaired) electrons. The summed E-state index contributed by atoms with van der Waals surface area (Å²) in [6, 6.07) is 7.22. The fourth-order valence-electron chi connectivity index (χ4n) is 2.13. The highest BCUT2D eigenvalue weighted by atomic mass is 32.1. The minimum atomic E-state index is -0.371. The van der Waals surface area contributed by atoms with Crippen molar-refractivity contribution in [2.75, 3.05) is 17.2 Å². The normalized spacial score (nSPS) is 20.1. The number of hydrogen-bond donors (Lipinski definition) is 1. The molecule has 0 aromatic heterocycles. The Morgan fingerprint density at radius 2 is 2.12 bits per heavy atom. The van der Waals surface area contributed by atoms with Gasteiger partial charge >= 0.3 is 0 Å². The highest BCUT2D eigenvalue weighted by molar-refractivity contribution is 7.80. The molecule has 1 aromatic rings. The zero-order chi connectivity index (χ0) is 11.5. The van der Waals surface area contributed by atoms with Crippen LogP contribution in [0.2, 0.25) is 0 Å². The molecular formula is C11H14N2O2S. The Hall–Kier alpha value is -1.23. The maximum Gasteiger partial charge on any atom is 0.269 e. The van der Waals surface area contributed by atoms with E-state index >= 15 is 0 Å². The molecule has 1 unspecified atom stereocenters. The van der Waals surface area contributed by atoms with E-state index < -0.39 is 0 Å². The van der Waals surface area contributed by atoms with Gasteiger partial charge in [0.2, 0.25) is 0 Å². The van der Waals surface area contributed by atoms with Crippen LogP contribution in [-0.4, -0.2) is 23.3 Å². The third-order valence-electron chi connectivity index (χ3n) is 2.98. The minimum absolute atomic E-state index is 0.144. The SMILES string of the molecule is O=[N+]([O-])c1ccc(N2CCCC2CS)cc1. The molecule has 1 aliphatic rings. The van der Waals surface area contributed by atoms with E-state index in [1.54, 1.807) is 12.1 Å². The lowest BCUT2D eigenvalue weighted by molar-refractivity contribution is -0.384. The van der Waals surface area contributed by atoms with E-state index in [4.69, 9.17) is 0 Å². The molecule has 0 spiro atoms. The van der Waals surface area contributed by atoms with Crippen LogP contribution < -0.4 is 4.90 Å². The van der Waals surface area contributed by atoms with Gasteiger partial charge in [-0.15, -0.1) is 0 Å². The molecule has 1 aromatic carbocycles. The van der Waals surface area contributed by atoms with Crippen LogP contribution in [0.15, 0.2) is 24.3 Å². The standard InChI is InChI=1S/C11H14N2O2S/c14-13(15)10-5-3-9(4-6-10)12-7-1-2-11(12)8-16/h3-6,11,16H,1-2,7-8H2. The summed E-state index contributed by atoms with van der Waals surface area (Å²) in [5.41, 5.74) is 1.20. The predicted molar refractivity (Wildman–Crippen MR) is 67.3 cm³/mol. The summed E-state index contributed by atoms with van der Waals surface area (Å²) in [6.07, 6.45) is 2.32. The van der Waals surface area contributed by atoms with E-state index in [0.29, 0.717) is 6.04 Å². The van der Waals surface area contributed by atoms with Gasteiger partial charge in [-0.2, -0.15) is 12.6 Å². The molecule has 5 heteroatoms. The van der Waals surface area contributed by atoms with Crippen molar-refractivity contribution in [2.24, 2.45) is 0 Å². The third kappa shape index (κ3) is 2.14. The van der Waals surface area contributed by atoms with Crippen molar-refractivity contribution in [3.05, 3.63) is 34.4 Å². The van der Waals surface area contributed by atoms with Gasteiger partial charge in [0.15, 0.2) is 0 Å². The number of non-ortho nitro benzene ring substituents is 1. The van der Waals surface area contributed by atoms with Gasteiger partial charge in [-0.25, -0.2) is 0 Å². The average molecular weight is 238 g/mol. The highest BCUT2D eigenvalue weighted by Crippen LogP contribution is 2.27. The van der Waals surface area contributed by atoms with Crippen molar-refractivity contribution in [3.63, 3.8) is 0 Å². The van der Waals surface area contributed by atoms with E-state index in [1.165, 1.54) is 6.42 Å². The molecule has 0 bridgehead atoms. The van der Waals surface area contributed by atoms with Crippen LogP contribution in [0.25, 0.3) is 0 Å². The summed E-state index contributed by atoms with van der Waals surface area (Å²) in [6.45, 7) is 1.02. The van der Waals surface area contributed by atoms with Gasteiger partial charge in [0.1, 0.15) is 0 Å². The second-order valence-corrected chi connectivity index (χ2v) is 4.31. The number of thiol groups is 1. The number of anilines is 1. The Bertz CT molecular complexity index is 380. The lowest BCUT2D eigenvalue weighted by atomic mass is 10.2. The summed E-state index contributed by atoms with van der Waals surface area (Å²) in [5.74, 6) is 0.830. The van der Waals surface area contributed by atoms with Crippen LogP contribution in [0.5, 0.6) is 0 Å². The summed E-state index contributed by atoms with van der Waals surface area (Å²) in [4.78, 5) is 12.4. The largest absolute Gasteiger partial charge is 0.368 e. The monoisotopic (exact) mass is 238 g/mol. The van der Waals surface area contributed by atoms with Crippen molar-refractivity contribution >= 4 is 24.0 Å². The molecule has 1 atom stereocenters. The fraction of sp³-hybridized carbons (Fsp3) is 0.455. The van der Waals surface area contributed by atoms with Crippen LogP contribution in [0.4, 0.5) is 11.4 Å². The predicted octanol–water partition coefficient (Wildman–Crippen LogP) is 2.49. The minimum Gasteiger partial charge on any atom is -0.368 e. The number of hydrogen-bond acceptors (Lipinski definition) is 4. The molecule has 1 heterocycles. The van der Waals surface area contributed by atoms with Crippen molar-refractivity contribution < 1.29 is 4.92 Å². The summed E-state index contributed by atoms with van der Waals surface area (Å²) in [7, 11) is 0. The Balaban J connectivity index is 2.18. The first kappa shape index (κ1) is 11.3. The number of nitro groups is 1. The van der Waals surface area contributed by atoms with Crippen molar-refractivity contribution in [1.29, 1.82) is 0 Å². The molecule has 0 aliphatic carbocycles. The van der Waals surface area contributed by atoms with E-state index in [0.717, 1.165) is 24.4 Å². The van der Waals surface area contributed by atoms with Gasteiger partial charge in [-0.05, 0) is 25.0 Å². The smallest absolute Gasteiger partial charge is 0.269 e. The van der Waals surface area contributed by atoms with Crippen LogP contribution >= 0.6 is 12.6 Å². The highest BCUT2D eigenvalue weighted by Gasteiger charge is 2.23. The summed E-state index contributed by atoms with van der Waals surface area (Å²) >= 11 is 4.33. The number of rotatable bonds is 3. The van der Waals surface area contributed by atoms with Gasteiger partial charge in [0, 0.05) is 36.2 Å². The van der Waals surface area contributed by atoms with Gasteiger partial charge in [0.25, 0.3) is 5.69 Å². The van der Waals surface area contributed by atoms with Gasteiger partial charge in [-0.3, -0.25) is 10.1 Å². The fourth-order valence-corrected chi connectivity index (χ4v) is 2.51. The Morgan fingerprint density at radius 1 is 1.44 bits per heavy atom. The zero-order valence-corrected chi connectivity index (χ0v) is 9.77. The molecule has 0 amide bonds. The van der Waals surface area contributed by atoms with Crippen molar-refractivity contribution in [3.8, 4) is 0 Å². The first-order chi connectivity index (χ1) is 7.72. The second kappa shape index (κ2) is 4.74. The zero-order valence-electron chi connectivity index (χ0n) is 8.87. The molecule has 1 saturated heterocycles. The lowest BCUT2D eigenvalue weighted by Gasteiger charge is -2.25. The quantitative estimate of drug-likeness (QED) is 0.500. The number of nitrogens with zero attached hydrogens (tertiary/aromatic N) is 2.